The van der Waals surface area contributed by atoms with E-state index in [0.717, 1.165) is 17.5 Å². The molecule has 9 heteroatoms. The van der Waals surface area contributed by atoms with E-state index in [1.165, 1.54) is 6.07 Å². The summed E-state index contributed by atoms with van der Waals surface area (Å²) < 4.78 is 30.0. The van der Waals surface area contributed by atoms with Crippen molar-refractivity contribution in [2.45, 2.75) is 46.9 Å². The third-order valence-electron chi connectivity index (χ3n) is 4.37. The van der Waals surface area contributed by atoms with Gasteiger partial charge in [0.05, 0.1) is 6.54 Å². The number of aryl methyl sites for hydroxylation is 1. The Morgan fingerprint density at radius 2 is 1.88 bits per heavy atom. The molecule has 0 fully saturated rings. The molecule has 0 aliphatic carbocycles. The predicted molar refractivity (Wildman–Crippen MR) is 134 cm³/mol. The van der Waals surface area contributed by atoms with Crippen molar-refractivity contribution in [3.63, 3.8) is 0 Å². The van der Waals surface area contributed by atoms with E-state index < -0.39 is 6.61 Å². The number of carbonyl (C=O) groups is 1. The number of rotatable bonds is 10. The number of aliphatic imine (C=N–C) groups is 1. The maximum Gasteiger partial charge on any atom is 0.387 e. The Morgan fingerprint density at radius 1 is 1.09 bits per heavy atom. The second-order valence-electron chi connectivity index (χ2n) is 6.99. The van der Waals surface area contributed by atoms with Gasteiger partial charge in [-0.3, -0.25) is 4.79 Å². The molecule has 0 saturated heterocycles. The monoisotopic (exact) mass is 560 g/mol. The van der Waals surface area contributed by atoms with Crippen LogP contribution in [-0.2, 0) is 13.1 Å². The Labute approximate surface area is 205 Å². The molecule has 0 atom stereocenters. The van der Waals surface area contributed by atoms with Crippen LogP contribution in [0.4, 0.5) is 8.78 Å². The van der Waals surface area contributed by atoms with Gasteiger partial charge in [0.2, 0.25) is 0 Å². The zero-order valence-corrected chi connectivity index (χ0v) is 20.9. The lowest BCUT2D eigenvalue weighted by molar-refractivity contribution is -0.0504. The molecule has 0 aliphatic heterocycles. The summed E-state index contributed by atoms with van der Waals surface area (Å²) in [6.07, 6.45) is 0.873. The number of amides is 1. The van der Waals surface area contributed by atoms with Crippen LogP contribution in [0.25, 0.3) is 0 Å². The van der Waals surface area contributed by atoms with Gasteiger partial charge in [0.1, 0.15) is 5.75 Å². The van der Waals surface area contributed by atoms with E-state index in [0.29, 0.717) is 36.7 Å². The summed E-state index contributed by atoms with van der Waals surface area (Å²) in [6.45, 7) is 4.84. The van der Waals surface area contributed by atoms with Crippen molar-refractivity contribution in [1.82, 2.24) is 16.0 Å². The smallest absolute Gasteiger partial charge is 0.387 e. The lowest BCUT2D eigenvalue weighted by Crippen LogP contribution is -2.37. The summed E-state index contributed by atoms with van der Waals surface area (Å²) in [7, 11) is 0. The number of ether oxygens (including phenoxy) is 1. The molecular formula is C23H31F2IN4O2. The molecule has 0 spiro atoms. The molecule has 0 radical (unpaired) electrons. The molecule has 0 bridgehead atoms. The second kappa shape index (κ2) is 14.6. The third-order valence-corrected chi connectivity index (χ3v) is 4.37. The summed E-state index contributed by atoms with van der Waals surface area (Å²) in [5.74, 6) is 0.561. The number of benzene rings is 2. The van der Waals surface area contributed by atoms with E-state index >= 15 is 0 Å². The van der Waals surface area contributed by atoms with Crippen LogP contribution in [0.1, 0.15) is 47.3 Å². The first kappa shape index (κ1) is 27.6. The maximum absolute atomic E-state index is 12.7. The van der Waals surface area contributed by atoms with Crippen molar-refractivity contribution in [3.8, 4) is 5.75 Å². The SMILES string of the molecule is CCCNC(=O)c1cccc(CN=C(NCC)NCc2cc(C)ccc2OC(F)F)c1.I. The molecule has 0 saturated carbocycles. The molecule has 1 amide bonds. The summed E-state index contributed by atoms with van der Waals surface area (Å²) in [5.41, 5.74) is 3.03. The Hall–Kier alpha value is -2.43. The van der Waals surface area contributed by atoms with E-state index in [1.54, 1.807) is 18.2 Å². The van der Waals surface area contributed by atoms with Crippen molar-refractivity contribution in [2.24, 2.45) is 4.99 Å². The Kier molecular flexibility index (Phi) is 12.6. The summed E-state index contributed by atoms with van der Waals surface area (Å²) in [6, 6.07) is 12.4. The zero-order valence-electron chi connectivity index (χ0n) is 18.6. The van der Waals surface area contributed by atoms with Crippen LogP contribution in [0.3, 0.4) is 0 Å². The second-order valence-corrected chi connectivity index (χ2v) is 6.99. The average molecular weight is 560 g/mol. The van der Waals surface area contributed by atoms with Gasteiger partial charge in [-0.15, -0.1) is 24.0 Å². The van der Waals surface area contributed by atoms with Gasteiger partial charge in [0, 0.05) is 30.8 Å². The van der Waals surface area contributed by atoms with Crippen LogP contribution < -0.4 is 20.7 Å². The van der Waals surface area contributed by atoms with Crippen LogP contribution in [0, 0.1) is 6.92 Å². The van der Waals surface area contributed by atoms with Crippen LogP contribution in [0.2, 0.25) is 0 Å². The largest absolute Gasteiger partial charge is 0.434 e. The molecule has 2 aromatic carbocycles. The van der Waals surface area contributed by atoms with Crippen LogP contribution in [-0.4, -0.2) is 31.6 Å². The van der Waals surface area contributed by atoms with Gasteiger partial charge in [0.15, 0.2) is 5.96 Å². The van der Waals surface area contributed by atoms with Gasteiger partial charge >= 0.3 is 6.61 Å². The fourth-order valence-corrected chi connectivity index (χ4v) is 2.90. The minimum atomic E-state index is -2.88. The number of nitrogens with zero attached hydrogens (tertiary/aromatic N) is 1. The molecule has 2 rings (SSSR count). The summed E-state index contributed by atoms with van der Waals surface area (Å²) >= 11 is 0. The predicted octanol–water partition coefficient (Wildman–Crippen LogP) is 4.61. The van der Waals surface area contributed by atoms with E-state index in [4.69, 9.17) is 0 Å². The number of guanidine groups is 1. The first-order valence-corrected chi connectivity index (χ1v) is 10.4. The Bertz CT molecular complexity index is 894. The first-order chi connectivity index (χ1) is 14.9. The molecule has 2 aromatic rings. The lowest BCUT2D eigenvalue weighted by Gasteiger charge is -2.15. The van der Waals surface area contributed by atoms with Gasteiger partial charge in [-0.1, -0.05) is 36.8 Å². The van der Waals surface area contributed by atoms with Crippen molar-refractivity contribution in [3.05, 3.63) is 64.7 Å². The van der Waals surface area contributed by atoms with Crippen LogP contribution >= 0.6 is 24.0 Å². The van der Waals surface area contributed by atoms with E-state index in [-0.39, 0.29) is 42.2 Å². The van der Waals surface area contributed by atoms with Gasteiger partial charge < -0.3 is 20.7 Å². The van der Waals surface area contributed by atoms with E-state index in [1.807, 2.05) is 39.0 Å². The molecule has 3 N–H and O–H groups in total. The minimum absolute atomic E-state index is 0. The van der Waals surface area contributed by atoms with Crippen LogP contribution in [0.15, 0.2) is 47.5 Å². The third kappa shape index (κ3) is 9.37. The normalized spacial score (nSPS) is 11.0. The topological polar surface area (TPSA) is 74.8 Å². The molecule has 0 aromatic heterocycles. The van der Waals surface area contributed by atoms with Gasteiger partial charge in [0.25, 0.3) is 5.91 Å². The molecule has 6 nitrogen and oxygen atoms in total. The van der Waals surface area contributed by atoms with Gasteiger partial charge in [-0.2, -0.15) is 8.78 Å². The highest BCUT2D eigenvalue weighted by Gasteiger charge is 2.11. The Morgan fingerprint density at radius 3 is 2.56 bits per heavy atom. The highest BCUT2D eigenvalue weighted by atomic mass is 127. The van der Waals surface area contributed by atoms with E-state index in [9.17, 15) is 13.6 Å². The fraction of sp³-hybridized carbons (Fsp3) is 0.391. The average Bonchev–Trinajstić information content (AvgIpc) is 2.75. The minimum Gasteiger partial charge on any atom is -0.434 e. The van der Waals surface area contributed by atoms with Crippen LogP contribution in [0.5, 0.6) is 5.75 Å². The first-order valence-electron chi connectivity index (χ1n) is 10.4. The lowest BCUT2D eigenvalue weighted by atomic mass is 10.1. The zero-order chi connectivity index (χ0) is 22.6. The van der Waals surface area contributed by atoms with Gasteiger partial charge in [-0.05, 0) is 44.0 Å². The fourth-order valence-electron chi connectivity index (χ4n) is 2.90. The van der Waals surface area contributed by atoms with Crippen molar-refractivity contribution < 1.29 is 18.3 Å². The van der Waals surface area contributed by atoms with Crippen molar-refractivity contribution in [2.75, 3.05) is 13.1 Å². The molecule has 176 valence electrons. The maximum atomic E-state index is 12.7. The highest BCUT2D eigenvalue weighted by Crippen LogP contribution is 2.22. The van der Waals surface area contributed by atoms with Crippen molar-refractivity contribution >= 4 is 35.8 Å². The van der Waals surface area contributed by atoms with Crippen molar-refractivity contribution in [1.29, 1.82) is 0 Å². The highest BCUT2D eigenvalue weighted by molar-refractivity contribution is 14.0. The summed E-state index contributed by atoms with van der Waals surface area (Å²) in [4.78, 5) is 16.7. The number of hydrogen-bond donors (Lipinski definition) is 3. The molecule has 0 aliphatic rings. The summed E-state index contributed by atoms with van der Waals surface area (Å²) in [5, 5.41) is 9.14. The molecule has 0 heterocycles. The number of nitrogens with one attached hydrogen (secondary N) is 3. The number of halogens is 3. The number of alkyl halides is 2. The standard InChI is InChI=1S/C23H30F2N4O2.HI/c1-4-11-27-21(30)18-8-6-7-17(13-18)14-28-23(26-5-2)29-15-19-12-16(3)9-10-20(19)31-22(24)25;/h6-10,12-13,22H,4-5,11,14-15H2,1-3H3,(H,27,30)(H2,26,28,29);1H. The molecular weight excluding hydrogens is 529 g/mol. The van der Waals surface area contributed by atoms with Gasteiger partial charge in [-0.25, -0.2) is 4.99 Å². The number of carbonyl (C=O) groups excluding carboxylic acids is 1. The molecule has 32 heavy (non-hydrogen) atoms. The number of hydrogen-bond acceptors (Lipinski definition) is 3. The quantitative estimate of drug-likeness (QED) is 0.226. The Balaban J connectivity index is 0.00000512. The van der Waals surface area contributed by atoms with E-state index in [2.05, 4.69) is 25.7 Å². The molecule has 0 unspecified atom stereocenters.